The molecule has 1 heterocycles. The number of rotatable bonds is 2. The maximum absolute atomic E-state index is 12.0. The highest BCUT2D eigenvalue weighted by molar-refractivity contribution is 6.01. The summed E-state index contributed by atoms with van der Waals surface area (Å²) in [6.45, 7) is 0. The molecule has 0 radical (unpaired) electrons. The highest BCUT2D eigenvalue weighted by atomic mass is 16.1. The van der Waals surface area contributed by atoms with Crippen molar-refractivity contribution in [1.29, 1.82) is 0 Å². The lowest BCUT2D eigenvalue weighted by atomic mass is 9.80. The fourth-order valence-corrected chi connectivity index (χ4v) is 2.13. The Balaban J connectivity index is 2.01. The van der Waals surface area contributed by atoms with Crippen molar-refractivity contribution in [2.24, 2.45) is 5.92 Å². The van der Waals surface area contributed by atoms with Gasteiger partial charge in [-0.05, 0) is 25.0 Å². The Morgan fingerprint density at radius 2 is 2.12 bits per heavy atom. The molecule has 2 nitrogen and oxygen atoms in total. The summed E-state index contributed by atoms with van der Waals surface area (Å²) in [6, 6.07) is 9.74. The maximum Gasteiger partial charge on any atom is 0.166 e. The third-order valence-corrected chi connectivity index (χ3v) is 3.37. The van der Waals surface area contributed by atoms with Crippen LogP contribution in [0.15, 0.2) is 36.5 Å². The minimum Gasteiger partial charge on any atom is -0.294 e. The summed E-state index contributed by atoms with van der Waals surface area (Å²) in [5, 5.41) is 1.09. The second kappa shape index (κ2) is 3.71. The zero-order valence-electron chi connectivity index (χ0n) is 9.02. The van der Waals surface area contributed by atoms with Crippen molar-refractivity contribution in [3.63, 3.8) is 0 Å². The van der Waals surface area contributed by atoms with E-state index in [4.69, 9.17) is 0 Å². The number of pyridine rings is 1. The molecule has 1 aromatic carbocycles. The van der Waals surface area contributed by atoms with E-state index in [0.717, 1.165) is 29.3 Å². The van der Waals surface area contributed by atoms with E-state index in [9.17, 15) is 4.79 Å². The predicted molar refractivity (Wildman–Crippen MR) is 63.4 cm³/mol. The molecule has 3 rings (SSSR count). The third-order valence-electron chi connectivity index (χ3n) is 3.37. The van der Waals surface area contributed by atoms with Crippen molar-refractivity contribution in [2.45, 2.75) is 19.3 Å². The lowest BCUT2D eigenvalue weighted by Gasteiger charge is -2.23. The predicted octanol–water partition coefficient (Wildman–Crippen LogP) is 3.22. The van der Waals surface area contributed by atoms with E-state index >= 15 is 0 Å². The van der Waals surface area contributed by atoms with Crippen LogP contribution in [0.2, 0.25) is 0 Å². The molecule has 2 aromatic rings. The maximum atomic E-state index is 12.0. The molecule has 0 aliphatic heterocycles. The first-order chi connectivity index (χ1) is 7.84. The van der Waals surface area contributed by atoms with Gasteiger partial charge < -0.3 is 0 Å². The van der Waals surface area contributed by atoms with Gasteiger partial charge in [0.1, 0.15) is 0 Å². The highest BCUT2D eigenvalue weighted by Crippen LogP contribution is 2.30. The second-order valence-electron chi connectivity index (χ2n) is 4.40. The van der Waals surface area contributed by atoms with Gasteiger partial charge in [0, 0.05) is 23.1 Å². The van der Waals surface area contributed by atoms with Crippen LogP contribution in [0, 0.1) is 5.92 Å². The molecule has 1 aromatic heterocycles. The van der Waals surface area contributed by atoms with Crippen LogP contribution < -0.4 is 0 Å². The Morgan fingerprint density at radius 1 is 1.25 bits per heavy atom. The monoisotopic (exact) mass is 211 g/mol. The van der Waals surface area contributed by atoms with Gasteiger partial charge in [-0.2, -0.15) is 0 Å². The van der Waals surface area contributed by atoms with Gasteiger partial charge >= 0.3 is 0 Å². The van der Waals surface area contributed by atoms with E-state index in [2.05, 4.69) is 4.98 Å². The fraction of sp³-hybridized carbons (Fsp3) is 0.286. The zero-order valence-corrected chi connectivity index (χ0v) is 9.02. The van der Waals surface area contributed by atoms with Gasteiger partial charge in [0.2, 0.25) is 0 Å². The molecule has 0 bridgehead atoms. The summed E-state index contributed by atoms with van der Waals surface area (Å²) in [6.07, 6.45) is 5.07. The Hall–Kier alpha value is -1.70. The van der Waals surface area contributed by atoms with Crippen LogP contribution in [0.5, 0.6) is 0 Å². The Labute approximate surface area is 94.3 Å². The van der Waals surface area contributed by atoms with Crippen LogP contribution in [-0.2, 0) is 0 Å². The van der Waals surface area contributed by atoms with E-state index < -0.39 is 0 Å². The van der Waals surface area contributed by atoms with Crippen molar-refractivity contribution in [3.8, 4) is 0 Å². The zero-order chi connectivity index (χ0) is 11.0. The summed E-state index contributed by atoms with van der Waals surface area (Å²) in [5.41, 5.74) is 1.73. The van der Waals surface area contributed by atoms with Gasteiger partial charge in [-0.25, -0.2) is 0 Å². The van der Waals surface area contributed by atoms with Gasteiger partial charge in [0.05, 0.1) is 5.52 Å². The summed E-state index contributed by atoms with van der Waals surface area (Å²) < 4.78 is 0. The Kier molecular flexibility index (Phi) is 2.21. The van der Waals surface area contributed by atoms with Gasteiger partial charge in [-0.3, -0.25) is 9.78 Å². The summed E-state index contributed by atoms with van der Waals surface area (Å²) in [7, 11) is 0. The molecule has 0 amide bonds. The molecule has 80 valence electrons. The largest absolute Gasteiger partial charge is 0.294 e. The molecule has 1 fully saturated rings. The number of hydrogen-bond acceptors (Lipinski definition) is 2. The topological polar surface area (TPSA) is 30.0 Å². The van der Waals surface area contributed by atoms with Crippen LogP contribution in [0.3, 0.4) is 0 Å². The molecule has 0 unspecified atom stereocenters. The minimum atomic E-state index is 0.265. The molecule has 0 saturated heterocycles. The number of ketones is 1. The number of carbonyl (C=O) groups excluding carboxylic acids is 1. The van der Waals surface area contributed by atoms with Crippen LogP contribution >= 0.6 is 0 Å². The fourth-order valence-electron chi connectivity index (χ4n) is 2.13. The minimum absolute atomic E-state index is 0.265. The van der Waals surface area contributed by atoms with Crippen molar-refractivity contribution in [2.75, 3.05) is 0 Å². The normalized spacial score (nSPS) is 16.0. The molecule has 16 heavy (non-hydrogen) atoms. The first kappa shape index (κ1) is 9.52. The summed E-state index contributed by atoms with van der Waals surface area (Å²) in [5.74, 6) is 0.556. The Bertz CT molecular complexity index is 543. The van der Waals surface area contributed by atoms with Gasteiger partial charge in [-0.1, -0.05) is 24.6 Å². The van der Waals surface area contributed by atoms with Gasteiger partial charge in [-0.15, -0.1) is 0 Å². The molecule has 0 atom stereocenters. The quantitative estimate of drug-likeness (QED) is 0.714. The van der Waals surface area contributed by atoms with Crippen LogP contribution in [-0.4, -0.2) is 10.8 Å². The molecule has 1 saturated carbocycles. The average Bonchev–Trinajstić information content (AvgIpc) is 2.26. The van der Waals surface area contributed by atoms with Crippen LogP contribution in [0.1, 0.15) is 29.6 Å². The van der Waals surface area contributed by atoms with Crippen molar-refractivity contribution in [1.82, 2.24) is 4.98 Å². The van der Waals surface area contributed by atoms with E-state index in [1.165, 1.54) is 6.42 Å². The van der Waals surface area contributed by atoms with E-state index in [-0.39, 0.29) is 5.92 Å². The van der Waals surface area contributed by atoms with E-state index in [0.29, 0.717) is 5.78 Å². The van der Waals surface area contributed by atoms with E-state index in [1.54, 1.807) is 6.20 Å². The molecule has 0 spiro atoms. The van der Waals surface area contributed by atoms with E-state index in [1.807, 2.05) is 30.3 Å². The smallest absolute Gasteiger partial charge is 0.166 e. The average molecular weight is 211 g/mol. The molecular formula is C14H13NO. The third kappa shape index (κ3) is 1.51. The number of aromatic nitrogens is 1. The first-order valence-corrected chi connectivity index (χ1v) is 5.73. The first-order valence-electron chi connectivity index (χ1n) is 5.73. The molecule has 1 aliphatic carbocycles. The Morgan fingerprint density at radius 3 is 2.88 bits per heavy atom. The summed E-state index contributed by atoms with van der Waals surface area (Å²) in [4.78, 5) is 16.3. The number of nitrogens with zero attached hydrogens (tertiary/aromatic N) is 1. The lowest BCUT2D eigenvalue weighted by Crippen LogP contribution is -2.21. The lowest BCUT2D eigenvalue weighted by molar-refractivity contribution is 0.0855. The van der Waals surface area contributed by atoms with Crippen molar-refractivity contribution >= 4 is 16.7 Å². The second-order valence-corrected chi connectivity index (χ2v) is 4.40. The standard InChI is InChI=1S/C14H13NO/c16-14(11-3-1-4-11)12-7-6-10-5-2-8-15-13(10)9-12/h2,5-9,11H,1,3-4H2. The number of hydrogen-bond donors (Lipinski definition) is 0. The van der Waals surface area contributed by atoms with Crippen LogP contribution in [0.4, 0.5) is 0 Å². The number of fused-ring (bicyclic) bond motifs is 1. The van der Waals surface area contributed by atoms with Gasteiger partial charge in [0.25, 0.3) is 0 Å². The van der Waals surface area contributed by atoms with Crippen molar-refractivity contribution < 1.29 is 4.79 Å². The number of Topliss-reactive ketones (excluding diaryl/α,β-unsaturated/α-hetero) is 1. The van der Waals surface area contributed by atoms with Gasteiger partial charge in [0.15, 0.2) is 5.78 Å². The molecular weight excluding hydrogens is 198 g/mol. The summed E-state index contributed by atoms with van der Waals surface area (Å²) >= 11 is 0. The van der Waals surface area contributed by atoms with Crippen LogP contribution in [0.25, 0.3) is 10.9 Å². The van der Waals surface area contributed by atoms with Crippen molar-refractivity contribution in [3.05, 3.63) is 42.1 Å². The number of benzene rings is 1. The molecule has 1 aliphatic rings. The highest BCUT2D eigenvalue weighted by Gasteiger charge is 2.26. The number of carbonyl (C=O) groups is 1. The molecule has 0 N–H and O–H groups in total. The molecule has 2 heteroatoms. The SMILES string of the molecule is O=C(c1ccc2cccnc2c1)C1CCC1.